The minimum atomic E-state index is -1.28. The van der Waals surface area contributed by atoms with Crippen LogP contribution in [0.3, 0.4) is 0 Å². The van der Waals surface area contributed by atoms with Crippen molar-refractivity contribution in [2.24, 2.45) is 5.73 Å². The third-order valence-electron chi connectivity index (χ3n) is 7.33. The second-order valence-corrected chi connectivity index (χ2v) is 9.77. The highest BCUT2D eigenvalue weighted by atomic mass is 19.1. The molecule has 0 bridgehead atoms. The SMILES string of the molecule is N[C@H]1CCC[C@@H](c2ccncc2NC(=O)c2ccc(F)c(-c3c(F)cc(C4(O)CCC4)cc3F)n2)C1. The molecule has 3 aromatic rings. The number of hydrogen-bond donors (Lipinski definition) is 3. The molecule has 2 aliphatic rings. The van der Waals surface area contributed by atoms with Crippen molar-refractivity contribution >= 4 is 11.6 Å². The van der Waals surface area contributed by atoms with Crippen LogP contribution >= 0.6 is 0 Å². The lowest BCUT2D eigenvalue weighted by Gasteiger charge is -2.37. The number of aliphatic hydroxyl groups is 1. The van der Waals surface area contributed by atoms with E-state index in [0.717, 1.165) is 61.9 Å². The van der Waals surface area contributed by atoms with Gasteiger partial charge in [-0.05, 0) is 85.9 Å². The molecule has 4 N–H and O–H groups in total. The zero-order valence-corrected chi connectivity index (χ0v) is 19.6. The number of benzene rings is 1. The molecule has 2 fully saturated rings. The van der Waals surface area contributed by atoms with Gasteiger partial charge in [-0.15, -0.1) is 0 Å². The molecular formula is C27H27F3N4O2. The number of amides is 1. The summed E-state index contributed by atoms with van der Waals surface area (Å²) >= 11 is 0. The number of anilines is 1. The summed E-state index contributed by atoms with van der Waals surface area (Å²) in [5, 5.41) is 13.2. The maximum atomic E-state index is 15.0. The number of carbonyl (C=O) groups is 1. The van der Waals surface area contributed by atoms with Crippen molar-refractivity contribution in [1.29, 1.82) is 0 Å². The smallest absolute Gasteiger partial charge is 0.274 e. The van der Waals surface area contributed by atoms with Crippen molar-refractivity contribution in [3.63, 3.8) is 0 Å². The zero-order valence-electron chi connectivity index (χ0n) is 19.6. The minimum Gasteiger partial charge on any atom is -0.385 e. The first-order valence-electron chi connectivity index (χ1n) is 12.1. The summed E-state index contributed by atoms with van der Waals surface area (Å²) in [6.45, 7) is 0. The summed E-state index contributed by atoms with van der Waals surface area (Å²) in [6, 6.07) is 6.03. The van der Waals surface area contributed by atoms with Crippen LogP contribution in [-0.4, -0.2) is 27.0 Å². The van der Waals surface area contributed by atoms with Gasteiger partial charge in [0.1, 0.15) is 28.8 Å². The number of nitrogens with two attached hydrogens (primary N) is 1. The van der Waals surface area contributed by atoms with Gasteiger partial charge in [0.15, 0.2) is 0 Å². The Morgan fingerprint density at radius 1 is 1.06 bits per heavy atom. The molecule has 0 saturated heterocycles. The third-order valence-corrected chi connectivity index (χ3v) is 7.33. The van der Waals surface area contributed by atoms with E-state index in [9.17, 15) is 23.1 Å². The lowest BCUT2D eigenvalue weighted by Crippen LogP contribution is -2.33. The van der Waals surface area contributed by atoms with Crippen molar-refractivity contribution < 1.29 is 23.1 Å². The Morgan fingerprint density at radius 2 is 1.81 bits per heavy atom. The van der Waals surface area contributed by atoms with Gasteiger partial charge in [-0.25, -0.2) is 18.2 Å². The van der Waals surface area contributed by atoms with Crippen LogP contribution in [0, 0.1) is 17.5 Å². The van der Waals surface area contributed by atoms with Crippen LogP contribution in [0.4, 0.5) is 18.9 Å². The molecule has 2 aliphatic carbocycles. The Morgan fingerprint density at radius 3 is 2.47 bits per heavy atom. The van der Waals surface area contributed by atoms with Crippen LogP contribution in [0.15, 0.2) is 42.7 Å². The molecule has 0 aliphatic heterocycles. The van der Waals surface area contributed by atoms with Gasteiger partial charge in [-0.1, -0.05) is 6.42 Å². The van der Waals surface area contributed by atoms with Gasteiger partial charge >= 0.3 is 0 Å². The molecule has 1 aromatic carbocycles. The highest BCUT2D eigenvalue weighted by molar-refractivity contribution is 6.03. The molecule has 36 heavy (non-hydrogen) atoms. The molecule has 6 nitrogen and oxygen atoms in total. The van der Waals surface area contributed by atoms with Gasteiger partial charge in [0, 0.05) is 12.2 Å². The van der Waals surface area contributed by atoms with Crippen LogP contribution in [0.25, 0.3) is 11.3 Å². The third kappa shape index (κ3) is 4.60. The number of halogens is 3. The summed E-state index contributed by atoms with van der Waals surface area (Å²) < 4.78 is 44.6. The first kappa shape index (κ1) is 24.4. The van der Waals surface area contributed by atoms with Crippen molar-refractivity contribution in [3.05, 3.63) is 77.0 Å². The Hall–Kier alpha value is -3.30. The topological polar surface area (TPSA) is 101 Å². The Labute approximate surface area is 206 Å². The highest BCUT2D eigenvalue weighted by Gasteiger charge is 2.37. The van der Waals surface area contributed by atoms with Crippen molar-refractivity contribution in [1.82, 2.24) is 9.97 Å². The fourth-order valence-electron chi connectivity index (χ4n) is 5.17. The summed E-state index contributed by atoms with van der Waals surface area (Å²) in [6.07, 6.45) is 8.39. The molecule has 2 heterocycles. The first-order valence-corrected chi connectivity index (χ1v) is 12.1. The van der Waals surface area contributed by atoms with Crippen LogP contribution in [0.1, 0.15) is 72.5 Å². The number of rotatable bonds is 5. The van der Waals surface area contributed by atoms with Crippen molar-refractivity contribution in [3.8, 4) is 11.3 Å². The molecule has 2 atom stereocenters. The predicted molar refractivity (Wildman–Crippen MR) is 129 cm³/mol. The molecule has 0 spiro atoms. The maximum Gasteiger partial charge on any atom is 0.274 e. The second kappa shape index (κ2) is 9.63. The van der Waals surface area contributed by atoms with Gasteiger partial charge in [0.2, 0.25) is 0 Å². The van der Waals surface area contributed by atoms with E-state index in [1.54, 1.807) is 6.20 Å². The normalized spacial score (nSPS) is 21.0. The molecule has 0 radical (unpaired) electrons. The number of aromatic nitrogens is 2. The largest absolute Gasteiger partial charge is 0.385 e. The summed E-state index contributed by atoms with van der Waals surface area (Å²) in [5.41, 5.74) is 4.84. The van der Waals surface area contributed by atoms with Crippen LogP contribution in [0.2, 0.25) is 0 Å². The standard InChI is InChI=1S/C27H27F3N4O2/c28-19-5-6-22(26(35)34-23-14-32-10-7-18(23)15-3-1-4-17(31)11-15)33-25(19)24-20(29)12-16(13-21(24)30)27(36)8-2-9-27/h5-7,10,12-15,17,36H,1-4,8-9,11,31H2,(H,34,35)/t15-,17+/m1/s1. The van der Waals surface area contributed by atoms with Gasteiger partial charge < -0.3 is 16.2 Å². The van der Waals surface area contributed by atoms with Gasteiger partial charge in [0.05, 0.1) is 23.0 Å². The van der Waals surface area contributed by atoms with Crippen LogP contribution < -0.4 is 11.1 Å². The Bertz CT molecular complexity index is 1290. The van der Waals surface area contributed by atoms with E-state index in [-0.39, 0.29) is 23.2 Å². The average Bonchev–Trinajstić information content (AvgIpc) is 2.83. The maximum absolute atomic E-state index is 15.0. The Balaban J connectivity index is 1.44. The summed E-state index contributed by atoms with van der Waals surface area (Å²) in [5.74, 6) is -3.59. The lowest BCUT2D eigenvalue weighted by molar-refractivity contribution is -0.0392. The minimum absolute atomic E-state index is 0.0861. The van der Waals surface area contributed by atoms with E-state index in [1.165, 1.54) is 6.20 Å². The molecule has 5 rings (SSSR count). The quantitative estimate of drug-likeness (QED) is 0.453. The van der Waals surface area contributed by atoms with E-state index in [2.05, 4.69) is 15.3 Å². The number of pyridine rings is 2. The molecule has 188 valence electrons. The molecule has 9 heteroatoms. The lowest BCUT2D eigenvalue weighted by atomic mass is 9.75. The van der Waals surface area contributed by atoms with E-state index >= 15 is 0 Å². The van der Waals surface area contributed by atoms with E-state index in [1.807, 2.05) is 6.07 Å². The van der Waals surface area contributed by atoms with E-state index in [4.69, 9.17) is 5.73 Å². The molecule has 1 amide bonds. The number of nitrogens with zero attached hydrogens (tertiary/aromatic N) is 2. The van der Waals surface area contributed by atoms with E-state index in [0.29, 0.717) is 18.5 Å². The molecule has 0 unspecified atom stereocenters. The van der Waals surface area contributed by atoms with Crippen LogP contribution in [0.5, 0.6) is 0 Å². The monoisotopic (exact) mass is 496 g/mol. The molecular weight excluding hydrogens is 469 g/mol. The van der Waals surface area contributed by atoms with Gasteiger partial charge in [0.25, 0.3) is 5.91 Å². The first-order chi connectivity index (χ1) is 17.2. The zero-order chi connectivity index (χ0) is 25.4. The van der Waals surface area contributed by atoms with Gasteiger partial charge in [-0.2, -0.15) is 0 Å². The number of hydrogen-bond acceptors (Lipinski definition) is 5. The highest BCUT2D eigenvalue weighted by Crippen LogP contribution is 2.43. The summed E-state index contributed by atoms with van der Waals surface area (Å²) in [4.78, 5) is 21.1. The van der Waals surface area contributed by atoms with Crippen molar-refractivity contribution in [2.45, 2.75) is 62.5 Å². The fourth-order valence-corrected chi connectivity index (χ4v) is 5.17. The second-order valence-electron chi connectivity index (χ2n) is 9.77. The van der Waals surface area contributed by atoms with Crippen molar-refractivity contribution in [2.75, 3.05) is 5.32 Å². The Kier molecular flexibility index (Phi) is 6.53. The molecule has 2 aromatic heterocycles. The predicted octanol–water partition coefficient (Wildman–Crippen LogP) is 5.17. The van der Waals surface area contributed by atoms with E-state index < -0.39 is 40.2 Å². The van der Waals surface area contributed by atoms with Gasteiger partial charge in [-0.3, -0.25) is 9.78 Å². The average molecular weight is 497 g/mol. The summed E-state index contributed by atoms with van der Waals surface area (Å²) in [7, 11) is 0. The number of nitrogens with one attached hydrogen (secondary N) is 1. The van der Waals surface area contributed by atoms with Crippen LogP contribution in [-0.2, 0) is 5.60 Å². The fraction of sp³-hybridized carbons (Fsp3) is 0.370. The number of carbonyl (C=O) groups excluding carboxylic acids is 1. The molecule has 2 saturated carbocycles.